The molecule has 0 spiro atoms. The van der Waals surface area contributed by atoms with Gasteiger partial charge in [-0.25, -0.2) is 0 Å². The number of amides is 2. The normalized spacial score (nSPS) is 22.0. The average molecular weight is 398 g/mol. The van der Waals surface area contributed by atoms with E-state index in [1.165, 1.54) is 12.1 Å². The van der Waals surface area contributed by atoms with E-state index in [0.29, 0.717) is 11.6 Å². The molecular weight excluding hydrogens is 374 g/mol. The van der Waals surface area contributed by atoms with E-state index >= 15 is 0 Å². The predicted molar refractivity (Wildman–Crippen MR) is 113 cm³/mol. The van der Waals surface area contributed by atoms with Crippen LogP contribution in [0.4, 0.5) is 17.1 Å². The van der Waals surface area contributed by atoms with E-state index in [4.69, 9.17) is 11.6 Å². The third-order valence-corrected chi connectivity index (χ3v) is 5.77. The molecule has 2 aliphatic rings. The number of carbonyl (C=O) groups is 2. The largest absolute Gasteiger partial charge is 0.371 e. The lowest BCUT2D eigenvalue weighted by Gasteiger charge is -2.19. The highest BCUT2D eigenvalue weighted by Gasteiger charge is 2.35. The van der Waals surface area contributed by atoms with Gasteiger partial charge < -0.3 is 15.1 Å². The summed E-state index contributed by atoms with van der Waals surface area (Å²) in [6.07, 6.45) is 1.43. The van der Waals surface area contributed by atoms with Gasteiger partial charge in [-0.15, -0.1) is 0 Å². The summed E-state index contributed by atoms with van der Waals surface area (Å²) in [5.41, 5.74) is 2.68. The van der Waals surface area contributed by atoms with Crippen molar-refractivity contribution in [1.29, 1.82) is 0 Å². The number of nitrogens with one attached hydrogen (secondary N) is 1. The quantitative estimate of drug-likeness (QED) is 0.842. The van der Waals surface area contributed by atoms with E-state index in [0.717, 1.165) is 30.4 Å². The van der Waals surface area contributed by atoms with Gasteiger partial charge in [-0.1, -0.05) is 24.6 Å². The lowest BCUT2D eigenvalue weighted by Crippen LogP contribution is -2.28. The Morgan fingerprint density at radius 1 is 1.11 bits per heavy atom. The first kappa shape index (κ1) is 18.8. The molecule has 5 nitrogen and oxygen atoms in total. The smallest absolute Gasteiger partial charge is 0.229 e. The fraction of sp³-hybridized carbons (Fsp3) is 0.364. The zero-order valence-corrected chi connectivity index (χ0v) is 16.7. The Bertz CT molecular complexity index is 884. The lowest BCUT2D eigenvalue weighted by molar-refractivity contribution is -0.122. The van der Waals surface area contributed by atoms with Crippen molar-refractivity contribution in [1.82, 2.24) is 0 Å². The molecule has 2 amide bonds. The fourth-order valence-corrected chi connectivity index (χ4v) is 4.13. The summed E-state index contributed by atoms with van der Waals surface area (Å²) in [6, 6.07) is 15.1. The minimum Gasteiger partial charge on any atom is -0.371 e. The number of rotatable bonds is 4. The van der Waals surface area contributed by atoms with Crippen LogP contribution in [0.5, 0.6) is 0 Å². The van der Waals surface area contributed by atoms with Gasteiger partial charge in [0.05, 0.1) is 5.92 Å². The zero-order valence-electron chi connectivity index (χ0n) is 15.9. The molecule has 4 rings (SSSR count). The summed E-state index contributed by atoms with van der Waals surface area (Å²) in [5, 5.41) is 3.53. The molecule has 2 atom stereocenters. The van der Waals surface area contributed by atoms with Crippen LogP contribution in [0.3, 0.4) is 0 Å². The van der Waals surface area contributed by atoms with Gasteiger partial charge in [-0.2, -0.15) is 0 Å². The molecule has 146 valence electrons. The first-order valence-corrected chi connectivity index (χ1v) is 10.1. The van der Waals surface area contributed by atoms with Crippen molar-refractivity contribution < 1.29 is 9.59 Å². The monoisotopic (exact) mass is 397 g/mol. The standard InChI is InChI=1S/C22H24ClN3O2/c1-15-9-10-25(13-15)19-7-5-18(6-8-19)24-22(28)16-11-21(27)26(14-16)20-4-2-3-17(23)12-20/h2-8,12,15-16H,9-11,13-14H2,1H3,(H,24,28). The van der Waals surface area contributed by atoms with Crippen molar-refractivity contribution in [2.24, 2.45) is 11.8 Å². The number of hydrogen-bond donors (Lipinski definition) is 1. The molecular formula is C22H24ClN3O2. The van der Waals surface area contributed by atoms with E-state index < -0.39 is 0 Å². The van der Waals surface area contributed by atoms with E-state index in [9.17, 15) is 9.59 Å². The lowest BCUT2D eigenvalue weighted by atomic mass is 10.1. The molecule has 2 fully saturated rings. The molecule has 1 N–H and O–H groups in total. The van der Waals surface area contributed by atoms with E-state index in [-0.39, 0.29) is 24.2 Å². The number of carbonyl (C=O) groups excluding carboxylic acids is 2. The van der Waals surface area contributed by atoms with Crippen LogP contribution in [0.2, 0.25) is 5.02 Å². The van der Waals surface area contributed by atoms with Crippen molar-refractivity contribution in [3.05, 3.63) is 53.6 Å². The van der Waals surface area contributed by atoms with Crippen LogP contribution < -0.4 is 15.1 Å². The molecule has 2 aromatic rings. The number of anilines is 3. The minimum atomic E-state index is -0.370. The highest BCUT2D eigenvalue weighted by Crippen LogP contribution is 2.29. The highest BCUT2D eigenvalue weighted by molar-refractivity contribution is 6.31. The molecule has 0 aromatic heterocycles. The van der Waals surface area contributed by atoms with Gasteiger partial charge in [-0.3, -0.25) is 9.59 Å². The summed E-state index contributed by atoms with van der Waals surface area (Å²) in [5.74, 6) is 0.175. The topological polar surface area (TPSA) is 52.7 Å². The van der Waals surface area contributed by atoms with Gasteiger partial charge in [0.1, 0.15) is 0 Å². The molecule has 0 radical (unpaired) electrons. The maximum atomic E-state index is 12.7. The van der Waals surface area contributed by atoms with Crippen molar-refractivity contribution >= 4 is 40.5 Å². The first-order valence-electron chi connectivity index (χ1n) is 9.71. The predicted octanol–water partition coefficient (Wildman–Crippen LogP) is 4.18. The molecule has 0 bridgehead atoms. The average Bonchev–Trinajstić information content (AvgIpc) is 3.28. The van der Waals surface area contributed by atoms with Crippen molar-refractivity contribution in [3.63, 3.8) is 0 Å². The number of benzene rings is 2. The molecule has 0 aliphatic carbocycles. The third-order valence-electron chi connectivity index (χ3n) is 5.54. The Balaban J connectivity index is 1.38. The van der Waals surface area contributed by atoms with Crippen LogP contribution in [0, 0.1) is 11.8 Å². The molecule has 2 unspecified atom stereocenters. The molecule has 2 heterocycles. The van der Waals surface area contributed by atoms with Crippen molar-refractivity contribution in [3.8, 4) is 0 Å². The fourth-order valence-electron chi connectivity index (χ4n) is 3.95. The van der Waals surface area contributed by atoms with Gasteiger partial charge in [0, 0.05) is 48.1 Å². The molecule has 2 aromatic carbocycles. The molecule has 2 saturated heterocycles. The van der Waals surface area contributed by atoms with E-state index in [2.05, 4.69) is 17.1 Å². The van der Waals surface area contributed by atoms with Crippen LogP contribution >= 0.6 is 11.6 Å². The van der Waals surface area contributed by atoms with E-state index in [1.54, 1.807) is 23.1 Å². The first-order chi connectivity index (χ1) is 13.5. The maximum absolute atomic E-state index is 12.7. The summed E-state index contributed by atoms with van der Waals surface area (Å²) in [7, 11) is 0. The Morgan fingerprint density at radius 2 is 1.89 bits per heavy atom. The Hall–Kier alpha value is -2.53. The van der Waals surface area contributed by atoms with Gasteiger partial charge in [0.15, 0.2) is 0 Å². The van der Waals surface area contributed by atoms with Gasteiger partial charge in [-0.05, 0) is 54.8 Å². The van der Waals surface area contributed by atoms with Crippen LogP contribution in [0.1, 0.15) is 19.8 Å². The van der Waals surface area contributed by atoms with Crippen LogP contribution in [-0.2, 0) is 9.59 Å². The second-order valence-electron chi connectivity index (χ2n) is 7.76. The highest BCUT2D eigenvalue weighted by atomic mass is 35.5. The molecule has 0 saturated carbocycles. The van der Waals surface area contributed by atoms with Crippen LogP contribution in [0.15, 0.2) is 48.5 Å². The summed E-state index contributed by atoms with van der Waals surface area (Å²) < 4.78 is 0. The van der Waals surface area contributed by atoms with E-state index in [1.807, 2.05) is 30.3 Å². The summed E-state index contributed by atoms with van der Waals surface area (Å²) >= 11 is 6.02. The van der Waals surface area contributed by atoms with Gasteiger partial charge in [0.25, 0.3) is 0 Å². The van der Waals surface area contributed by atoms with Crippen LogP contribution in [0.25, 0.3) is 0 Å². The van der Waals surface area contributed by atoms with Gasteiger partial charge >= 0.3 is 0 Å². The molecule has 28 heavy (non-hydrogen) atoms. The Kier molecular flexibility index (Phi) is 5.27. The minimum absolute atomic E-state index is 0.0547. The van der Waals surface area contributed by atoms with Crippen LogP contribution in [-0.4, -0.2) is 31.4 Å². The zero-order chi connectivity index (χ0) is 19.7. The molecule has 2 aliphatic heterocycles. The van der Waals surface area contributed by atoms with Gasteiger partial charge in [0.2, 0.25) is 11.8 Å². The SMILES string of the molecule is CC1CCN(c2ccc(NC(=O)C3CC(=O)N(c4cccc(Cl)c4)C3)cc2)C1. The molecule has 6 heteroatoms. The van der Waals surface area contributed by atoms with Crippen molar-refractivity contribution in [2.45, 2.75) is 19.8 Å². The Morgan fingerprint density at radius 3 is 2.57 bits per heavy atom. The van der Waals surface area contributed by atoms with Crippen molar-refractivity contribution in [2.75, 3.05) is 34.8 Å². The number of halogens is 1. The number of nitrogens with zero attached hydrogens (tertiary/aromatic N) is 2. The number of hydrogen-bond acceptors (Lipinski definition) is 3. The summed E-state index contributed by atoms with van der Waals surface area (Å²) in [6.45, 7) is 4.80. The summed E-state index contributed by atoms with van der Waals surface area (Å²) in [4.78, 5) is 29.0. The second kappa shape index (κ2) is 7.84. The Labute approximate surface area is 170 Å². The third kappa shape index (κ3) is 3.99. The second-order valence-corrected chi connectivity index (χ2v) is 8.20. The maximum Gasteiger partial charge on any atom is 0.229 e.